The smallest absolute Gasteiger partial charge is 0.311 e. The third-order valence-electron chi connectivity index (χ3n) is 4.61. The molecule has 9 nitrogen and oxygen atoms in total. The second-order valence-electron chi connectivity index (χ2n) is 6.47. The van der Waals surface area contributed by atoms with Crippen molar-refractivity contribution in [3.05, 3.63) is 91.3 Å². The zero-order chi connectivity index (χ0) is 21.3. The molecule has 0 aliphatic heterocycles. The molecule has 30 heavy (non-hydrogen) atoms. The van der Waals surface area contributed by atoms with Gasteiger partial charge in [-0.25, -0.2) is 4.68 Å². The largest absolute Gasteiger partial charge is 0.490 e. The summed E-state index contributed by atoms with van der Waals surface area (Å²) in [5.41, 5.74) is 1.91. The van der Waals surface area contributed by atoms with Gasteiger partial charge in [-0.1, -0.05) is 24.8 Å². The zero-order valence-electron chi connectivity index (χ0n) is 16.0. The van der Waals surface area contributed by atoms with E-state index in [0.717, 1.165) is 5.69 Å². The molecule has 4 rings (SSSR count). The van der Waals surface area contributed by atoms with Gasteiger partial charge in [0, 0.05) is 23.4 Å². The maximum absolute atomic E-state index is 12.1. The summed E-state index contributed by atoms with van der Waals surface area (Å²) < 4.78 is 6.74. The van der Waals surface area contributed by atoms with Crippen molar-refractivity contribution in [2.75, 3.05) is 7.11 Å². The van der Waals surface area contributed by atoms with E-state index >= 15 is 0 Å². The molecule has 0 bridgehead atoms. The molecule has 9 heteroatoms. The van der Waals surface area contributed by atoms with Gasteiger partial charge in [-0.3, -0.25) is 25.1 Å². The van der Waals surface area contributed by atoms with Crippen LogP contribution in [0.25, 0.3) is 29.6 Å². The molecule has 0 saturated carbocycles. The molecule has 0 spiro atoms. The molecule has 0 fully saturated rings. The first kappa shape index (κ1) is 18.9. The van der Waals surface area contributed by atoms with E-state index in [9.17, 15) is 14.9 Å². The fourth-order valence-corrected chi connectivity index (χ4v) is 3.12. The number of para-hydroxylation sites is 1. The molecule has 0 aliphatic rings. The Morgan fingerprint density at radius 3 is 2.60 bits per heavy atom. The number of benzene rings is 2. The summed E-state index contributed by atoms with van der Waals surface area (Å²) in [5.74, 6) is 0.152. The lowest BCUT2D eigenvalue weighted by Gasteiger charge is -2.04. The van der Waals surface area contributed by atoms with Gasteiger partial charge in [0.15, 0.2) is 5.75 Å². The molecule has 150 valence electrons. The van der Waals surface area contributed by atoms with Crippen molar-refractivity contribution in [3.63, 3.8) is 0 Å². The maximum atomic E-state index is 12.1. The third kappa shape index (κ3) is 3.39. The van der Waals surface area contributed by atoms with Gasteiger partial charge in [0.1, 0.15) is 5.69 Å². The van der Waals surface area contributed by atoms with E-state index < -0.39 is 4.92 Å². The predicted octanol–water partition coefficient (Wildman–Crippen LogP) is 1.71. The van der Waals surface area contributed by atoms with Crippen LogP contribution in [0.5, 0.6) is 5.75 Å². The van der Waals surface area contributed by atoms with E-state index in [1.165, 1.54) is 19.2 Å². The van der Waals surface area contributed by atoms with Crippen LogP contribution in [0.3, 0.4) is 0 Å². The van der Waals surface area contributed by atoms with Crippen LogP contribution in [-0.2, 0) is 0 Å². The Bertz CT molecular complexity index is 1370. The Kier molecular flexibility index (Phi) is 4.77. The van der Waals surface area contributed by atoms with Crippen LogP contribution in [-0.4, -0.2) is 32.0 Å². The van der Waals surface area contributed by atoms with Crippen LogP contribution in [0.1, 0.15) is 5.56 Å². The van der Waals surface area contributed by atoms with E-state index in [4.69, 9.17) is 4.74 Å². The fourth-order valence-electron chi connectivity index (χ4n) is 3.12. The Labute approximate surface area is 169 Å². The van der Waals surface area contributed by atoms with Crippen LogP contribution in [0.15, 0.2) is 59.5 Å². The Hall–Kier alpha value is -4.40. The number of hydrogen-bond donors (Lipinski definition) is 2. The van der Waals surface area contributed by atoms with Gasteiger partial charge in [0.2, 0.25) is 0 Å². The molecule has 0 atom stereocenters. The number of rotatable bonds is 5. The fraction of sp³-hybridized carbons (Fsp3) is 0.0476. The summed E-state index contributed by atoms with van der Waals surface area (Å²) in [6.07, 6.45) is 3.40. The first-order valence-electron chi connectivity index (χ1n) is 8.93. The average molecular weight is 403 g/mol. The minimum atomic E-state index is -0.509. The number of hydrogen-bond acceptors (Lipinski definition) is 5. The van der Waals surface area contributed by atoms with Crippen molar-refractivity contribution >= 4 is 18.3 Å². The molecule has 0 saturated heterocycles. The number of nitrogens with zero attached hydrogens (tertiary/aromatic N) is 3. The number of aromatic amines is 2. The molecule has 2 N–H and O–H groups in total. The number of aromatic nitrogens is 4. The highest BCUT2D eigenvalue weighted by atomic mass is 16.6. The Morgan fingerprint density at radius 1 is 1.20 bits per heavy atom. The summed E-state index contributed by atoms with van der Waals surface area (Å²) >= 11 is 0. The Morgan fingerprint density at radius 2 is 1.97 bits per heavy atom. The van der Waals surface area contributed by atoms with E-state index in [2.05, 4.69) is 21.9 Å². The number of nitro groups is 1. The highest BCUT2D eigenvalue weighted by Crippen LogP contribution is 2.33. The second kappa shape index (κ2) is 7.55. The van der Waals surface area contributed by atoms with Crippen molar-refractivity contribution in [3.8, 4) is 22.7 Å². The van der Waals surface area contributed by atoms with Crippen LogP contribution < -0.4 is 20.9 Å². The maximum Gasteiger partial charge on any atom is 0.311 e. The quantitative estimate of drug-likeness (QED) is 0.388. The van der Waals surface area contributed by atoms with Gasteiger partial charge >= 0.3 is 5.69 Å². The topological polar surface area (TPSA) is 119 Å². The SMILES string of the molecule is C=c1[nH][nH]c(=O)/c1=C/c1cn(-c2ccccc2)nc1-c1ccc(OC)c([N+](=O)[O-])c1. The first-order valence-corrected chi connectivity index (χ1v) is 8.93. The van der Waals surface area contributed by atoms with Crippen molar-refractivity contribution in [1.29, 1.82) is 0 Å². The molecule has 2 heterocycles. The lowest BCUT2D eigenvalue weighted by atomic mass is 10.1. The number of nitro benzene ring substituents is 1. The summed E-state index contributed by atoms with van der Waals surface area (Å²) in [6.45, 7) is 3.81. The second-order valence-corrected chi connectivity index (χ2v) is 6.47. The van der Waals surface area contributed by atoms with Crippen LogP contribution in [0.4, 0.5) is 5.69 Å². The minimum absolute atomic E-state index is 0.152. The molecule has 2 aromatic carbocycles. The number of nitrogens with one attached hydrogen (secondary N) is 2. The summed E-state index contributed by atoms with van der Waals surface area (Å²) in [4.78, 5) is 23.1. The van der Waals surface area contributed by atoms with Crippen LogP contribution >= 0.6 is 0 Å². The van der Waals surface area contributed by atoms with E-state index in [0.29, 0.717) is 27.4 Å². The first-order chi connectivity index (χ1) is 14.5. The molecular formula is C21H17N5O4. The highest BCUT2D eigenvalue weighted by molar-refractivity contribution is 5.74. The van der Waals surface area contributed by atoms with Crippen molar-refractivity contribution in [2.24, 2.45) is 0 Å². The van der Waals surface area contributed by atoms with Gasteiger partial charge < -0.3 is 4.74 Å². The molecule has 0 aliphatic carbocycles. The predicted molar refractivity (Wildman–Crippen MR) is 112 cm³/mol. The highest BCUT2D eigenvalue weighted by Gasteiger charge is 2.19. The van der Waals surface area contributed by atoms with Crippen LogP contribution in [0, 0.1) is 10.1 Å². The summed E-state index contributed by atoms with van der Waals surface area (Å²) in [7, 11) is 1.37. The zero-order valence-corrected chi connectivity index (χ0v) is 16.0. The monoisotopic (exact) mass is 403 g/mol. The van der Waals surface area contributed by atoms with Crippen molar-refractivity contribution in [1.82, 2.24) is 20.0 Å². The van der Waals surface area contributed by atoms with Gasteiger partial charge in [-0.05, 0) is 30.3 Å². The van der Waals surface area contributed by atoms with Gasteiger partial charge in [-0.15, -0.1) is 0 Å². The Balaban J connectivity index is 1.97. The molecule has 0 unspecified atom stereocenters. The molecule has 4 aromatic rings. The number of H-pyrrole nitrogens is 2. The average Bonchev–Trinajstić information content (AvgIpc) is 3.32. The van der Waals surface area contributed by atoms with Gasteiger partial charge in [0.05, 0.1) is 28.3 Å². The van der Waals surface area contributed by atoms with Crippen molar-refractivity contribution in [2.45, 2.75) is 0 Å². The van der Waals surface area contributed by atoms with Gasteiger partial charge in [0.25, 0.3) is 5.56 Å². The molecule has 0 amide bonds. The van der Waals surface area contributed by atoms with E-state index in [1.54, 1.807) is 23.0 Å². The number of ether oxygens (including phenoxy) is 1. The summed E-state index contributed by atoms with van der Waals surface area (Å²) in [6, 6.07) is 14.0. The normalized spacial score (nSPS) is 11.6. The molecule has 0 radical (unpaired) electrons. The number of methoxy groups -OCH3 is 1. The van der Waals surface area contributed by atoms with E-state index in [-0.39, 0.29) is 17.0 Å². The van der Waals surface area contributed by atoms with Crippen LogP contribution in [0.2, 0.25) is 0 Å². The van der Waals surface area contributed by atoms with Gasteiger partial charge in [-0.2, -0.15) is 5.10 Å². The lowest BCUT2D eigenvalue weighted by Crippen LogP contribution is -2.32. The summed E-state index contributed by atoms with van der Waals surface area (Å²) in [5, 5.41) is 22.0. The lowest BCUT2D eigenvalue weighted by molar-refractivity contribution is -0.385. The third-order valence-corrected chi connectivity index (χ3v) is 4.61. The van der Waals surface area contributed by atoms with Crippen molar-refractivity contribution < 1.29 is 9.66 Å². The minimum Gasteiger partial charge on any atom is -0.490 e. The molecular weight excluding hydrogens is 386 g/mol. The van der Waals surface area contributed by atoms with E-state index in [1.807, 2.05) is 30.3 Å². The molecule has 2 aromatic heterocycles. The standard InChI is InChI=1S/C21H17N5O4/c1-13-17(21(27)23-22-13)10-15-12-25(16-6-4-3-5-7-16)24-20(15)14-8-9-19(30-2)18(11-14)26(28)29/h3-12,22H,1H2,2H3,(H,23,27)/b17-10+.